The predicted octanol–water partition coefficient (Wildman–Crippen LogP) is 5.98. The second kappa shape index (κ2) is 7.00. The molecule has 0 heterocycles. The highest BCUT2D eigenvalue weighted by Crippen LogP contribution is 2.73. The van der Waals surface area contributed by atoms with E-state index in [1.54, 1.807) is 0 Å². The van der Waals surface area contributed by atoms with Gasteiger partial charge in [-0.3, -0.25) is 4.57 Å². The Morgan fingerprint density at radius 2 is 1.62 bits per heavy atom. The molecule has 0 saturated heterocycles. The van der Waals surface area contributed by atoms with Gasteiger partial charge in [0.1, 0.15) is 0 Å². The van der Waals surface area contributed by atoms with Crippen LogP contribution < -0.4 is 0 Å². The number of allylic oxidation sites excluding steroid dienone is 3. The van der Waals surface area contributed by atoms with Crippen molar-refractivity contribution in [2.75, 3.05) is 19.8 Å². The highest BCUT2D eigenvalue weighted by atomic mass is 31.2. The molecule has 3 aliphatic rings. The molecule has 0 aromatic carbocycles. The number of fused-ring (bicyclic) bond motifs is 5. The van der Waals surface area contributed by atoms with Crippen LogP contribution >= 0.6 is 7.60 Å². The Kier molecular flexibility index (Phi) is 5.53. The summed E-state index contributed by atoms with van der Waals surface area (Å²) in [5.41, 5.74) is 1.21. The fraction of sp³-hybridized carbons (Fsp3) is 0.800. The summed E-state index contributed by atoms with van der Waals surface area (Å²) in [6.07, 6.45) is 5.82. The summed E-state index contributed by atoms with van der Waals surface area (Å²) in [5, 5.41) is 1.11. The average Bonchev–Trinajstić information content (AvgIpc) is 3.04. The number of rotatable bonds is 8. The van der Waals surface area contributed by atoms with E-state index in [0.29, 0.717) is 43.5 Å². The minimum Gasteiger partial charge on any atom is -0.413 e. The van der Waals surface area contributed by atoms with E-state index in [4.69, 9.17) is 13.5 Å². The zero-order valence-corrected chi connectivity index (χ0v) is 19.3. The Labute approximate surface area is 160 Å². The molecule has 0 unspecified atom stereocenters. The van der Waals surface area contributed by atoms with Crippen molar-refractivity contribution in [3.63, 3.8) is 0 Å². The molecule has 0 amide bonds. The Balaban J connectivity index is 1.91. The summed E-state index contributed by atoms with van der Waals surface area (Å²) in [6, 6.07) is 0. The summed E-state index contributed by atoms with van der Waals surface area (Å²) in [7, 11) is -5.09. The predicted molar refractivity (Wildman–Crippen MR) is 109 cm³/mol. The third-order valence-corrected chi connectivity index (χ3v) is 13.6. The standard InChI is InChI=1S/C20H35O4PSi/c1-8-22-25(21,23-9-2)19-16(13-24-26(6,7)20(3,4)5)17-14-10-11-15(12-14)18(17)19/h10-11,14-15,17-18H,8-9,12-13H2,1-7H3/t14-,15+,17-,18-/m1/s1. The summed E-state index contributed by atoms with van der Waals surface area (Å²) in [5.74, 6) is 1.86. The Morgan fingerprint density at radius 3 is 2.12 bits per heavy atom. The van der Waals surface area contributed by atoms with Crippen molar-refractivity contribution in [1.82, 2.24) is 0 Å². The van der Waals surface area contributed by atoms with E-state index in [2.05, 4.69) is 46.0 Å². The van der Waals surface area contributed by atoms with Gasteiger partial charge in [0.05, 0.1) is 19.8 Å². The molecule has 148 valence electrons. The van der Waals surface area contributed by atoms with Crippen molar-refractivity contribution in [1.29, 1.82) is 0 Å². The first-order valence-electron chi connectivity index (χ1n) is 10.0. The zero-order chi connectivity index (χ0) is 19.3. The van der Waals surface area contributed by atoms with Gasteiger partial charge in [-0.05, 0) is 61.7 Å². The first-order chi connectivity index (χ1) is 12.1. The van der Waals surface area contributed by atoms with Crippen LogP contribution in [0.2, 0.25) is 18.1 Å². The van der Waals surface area contributed by atoms with E-state index in [1.807, 2.05) is 13.8 Å². The van der Waals surface area contributed by atoms with Gasteiger partial charge in [-0.2, -0.15) is 0 Å². The normalized spacial score (nSPS) is 30.7. The molecule has 0 aliphatic heterocycles. The lowest BCUT2D eigenvalue weighted by atomic mass is 9.69. The van der Waals surface area contributed by atoms with Crippen LogP contribution in [0.15, 0.2) is 23.0 Å². The Morgan fingerprint density at radius 1 is 1.08 bits per heavy atom. The van der Waals surface area contributed by atoms with Crippen molar-refractivity contribution in [2.24, 2.45) is 23.7 Å². The Bertz CT molecular complexity index is 651. The van der Waals surface area contributed by atoms with Crippen LogP contribution in [0.1, 0.15) is 41.0 Å². The molecular weight excluding hydrogens is 363 g/mol. The molecule has 3 aliphatic carbocycles. The van der Waals surface area contributed by atoms with Crippen molar-refractivity contribution in [3.05, 3.63) is 23.0 Å². The fourth-order valence-corrected chi connectivity index (χ4v) is 7.74. The van der Waals surface area contributed by atoms with E-state index in [1.165, 1.54) is 12.0 Å². The molecule has 26 heavy (non-hydrogen) atoms. The molecule has 6 heteroatoms. The average molecular weight is 399 g/mol. The molecule has 0 aromatic heterocycles. The lowest BCUT2D eigenvalue weighted by Crippen LogP contribution is -2.44. The van der Waals surface area contributed by atoms with Gasteiger partial charge in [0.15, 0.2) is 8.32 Å². The summed E-state index contributed by atoms with van der Waals surface area (Å²) >= 11 is 0. The maximum absolute atomic E-state index is 13.6. The number of hydrogen-bond acceptors (Lipinski definition) is 4. The second-order valence-electron chi connectivity index (χ2n) is 9.29. The largest absolute Gasteiger partial charge is 0.413 e. The number of hydrogen-bond donors (Lipinski definition) is 0. The minimum atomic E-state index is -3.22. The van der Waals surface area contributed by atoms with Gasteiger partial charge in [-0.15, -0.1) is 0 Å². The van der Waals surface area contributed by atoms with Gasteiger partial charge in [0, 0.05) is 11.2 Å². The fourth-order valence-electron chi connectivity index (χ4n) is 4.48. The first-order valence-corrected chi connectivity index (χ1v) is 14.5. The molecule has 0 aromatic rings. The maximum atomic E-state index is 13.6. The third-order valence-electron chi connectivity index (χ3n) is 6.79. The highest BCUT2D eigenvalue weighted by molar-refractivity contribution is 7.58. The SMILES string of the molecule is CCOP(=O)(OCC)C1=C(CO[Si](C)(C)C(C)(C)C)[C@@H]2[C@H]1[C@H]1C=C[C@@H]2C1. The van der Waals surface area contributed by atoms with Gasteiger partial charge in [-0.1, -0.05) is 32.9 Å². The van der Waals surface area contributed by atoms with Crippen molar-refractivity contribution in [3.8, 4) is 0 Å². The smallest absolute Gasteiger partial charge is 0.357 e. The third kappa shape index (κ3) is 3.24. The molecule has 0 radical (unpaired) electrons. The monoisotopic (exact) mass is 398 g/mol. The molecule has 3 rings (SSSR count). The first kappa shape index (κ1) is 20.5. The quantitative estimate of drug-likeness (QED) is 0.287. The van der Waals surface area contributed by atoms with Gasteiger partial charge < -0.3 is 13.5 Å². The topological polar surface area (TPSA) is 44.8 Å². The van der Waals surface area contributed by atoms with Gasteiger partial charge in [-0.25, -0.2) is 0 Å². The molecule has 0 N–H and O–H groups in total. The van der Waals surface area contributed by atoms with Gasteiger partial charge in [0.2, 0.25) is 0 Å². The summed E-state index contributed by atoms with van der Waals surface area (Å²) in [6.45, 7) is 16.5. The van der Waals surface area contributed by atoms with Crippen LogP contribution in [0, 0.1) is 23.7 Å². The summed E-state index contributed by atoms with van der Waals surface area (Å²) in [4.78, 5) is 0. The zero-order valence-electron chi connectivity index (χ0n) is 17.4. The highest BCUT2D eigenvalue weighted by Gasteiger charge is 2.60. The van der Waals surface area contributed by atoms with Crippen molar-refractivity contribution >= 4 is 15.9 Å². The lowest BCUT2D eigenvalue weighted by Gasteiger charge is -2.46. The second-order valence-corrected chi connectivity index (χ2v) is 16.1. The van der Waals surface area contributed by atoms with Crippen LogP contribution in [-0.4, -0.2) is 28.1 Å². The van der Waals surface area contributed by atoms with E-state index in [0.717, 1.165) is 5.31 Å². The molecular formula is C20H35O4PSi. The minimum absolute atomic E-state index is 0.162. The van der Waals surface area contributed by atoms with Crippen LogP contribution in [-0.2, 0) is 18.0 Å². The molecule has 4 atom stereocenters. The Hall–Kier alpha value is -0.193. The van der Waals surface area contributed by atoms with Crippen LogP contribution in [0.4, 0.5) is 0 Å². The van der Waals surface area contributed by atoms with Crippen molar-refractivity contribution in [2.45, 2.75) is 59.2 Å². The molecule has 1 fully saturated rings. The van der Waals surface area contributed by atoms with E-state index < -0.39 is 15.9 Å². The maximum Gasteiger partial charge on any atom is 0.357 e. The van der Waals surface area contributed by atoms with Gasteiger partial charge >= 0.3 is 7.60 Å². The summed E-state index contributed by atoms with van der Waals surface area (Å²) < 4.78 is 31.5. The molecule has 2 bridgehead atoms. The van der Waals surface area contributed by atoms with E-state index >= 15 is 0 Å². The van der Waals surface area contributed by atoms with Crippen LogP contribution in [0.25, 0.3) is 0 Å². The van der Waals surface area contributed by atoms with Crippen molar-refractivity contribution < 1.29 is 18.0 Å². The van der Waals surface area contributed by atoms with Crippen LogP contribution in [0.5, 0.6) is 0 Å². The lowest BCUT2D eigenvalue weighted by molar-refractivity contribution is 0.204. The van der Waals surface area contributed by atoms with Gasteiger partial charge in [0.25, 0.3) is 0 Å². The van der Waals surface area contributed by atoms with E-state index in [9.17, 15) is 4.57 Å². The van der Waals surface area contributed by atoms with E-state index in [-0.39, 0.29) is 5.04 Å². The van der Waals surface area contributed by atoms with Crippen LogP contribution in [0.3, 0.4) is 0 Å². The molecule has 4 nitrogen and oxygen atoms in total. The molecule has 0 spiro atoms. The molecule has 1 saturated carbocycles.